The number of hydrogen-bond acceptors (Lipinski definition) is 6. The number of sulfone groups is 1. The fourth-order valence-corrected chi connectivity index (χ4v) is 5.44. The van der Waals surface area contributed by atoms with Crippen molar-refractivity contribution >= 4 is 49.7 Å². The number of para-hydroxylation sites is 1. The van der Waals surface area contributed by atoms with Crippen molar-refractivity contribution in [3.8, 4) is 0 Å². The van der Waals surface area contributed by atoms with Gasteiger partial charge >= 0.3 is 11.5 Å². The first-order chi connectivity index (χ1) is 16.4. The maximum absolute atomic E-state index is 13.7. The van der Waals surface area contributed by atoms with E-state index >= 15 is 0 Å². The zero-order valence-electron chi connectivity index (χ0n) is 18.5. The second-order valence-corrected chi connectivity index (χ2v) is 10.5. The number of aromatic nitrogens is 1. The van der Waals surface area contributed by atoms with Crippen LogP contribution in [-0.2, 0) is 14.6 Å². The van der Waals surface area contributed by atoms with Gasteiger partial charge in [0.15, 0.2) is 0 Å². The molecule has 2 heterocycles. The number of benzene rings is 2. The Balaban J connectivity index is 1.60. The van der Waals surface area contributed by atoms with Gasteiger partial charge in [-0.25, -0.2) is 18.1 Å². The Hall–Kier alpha value is -3.67. The van der Waals surface area contributed by atoms with Gasteiger partial charge in [0.05, 0.1) is 27.5 Å². The van der Waals surface area contributed by atoms with E-state index in [-0.39, 0.29) is 11.6 Å². The number of imide groups is 1. The van der Waals surface area contributed by atoms with Crippen molar-refractivity contribution in [1.82, 2.24) is 4.98 Å². The molecule has 2 unspecified atom stereocenters. The molecule has 12 heteroatoms. The molecule has 0 radical (unpaired) electrons. The minimum absolute atomic E-state index is 0.0172. The van der Waals surface area contributed by atoms with Crippen molar-refractivity contribution in [3.63, 3.8) is 0 Å². The summed E-state index contributed by atoms with van der Waals surface area (Å²) in [5.41, 5.74) is -4.80. The zero-order valence-corrected chi connectivity index (χ0v) is 19.3. The van der Waals surface area contributed by atoms with Crippen LogP contribution in [0.5, 0.6) is 0 Å². The number of nitrogens with zero attached hydrogens (tertiary/aromatic N) is 3. The van der Waals surface area contributed by atoms with Gasteiger partial charge in [-0.1, -0.05) is 19.1 Å². The van der Waals surface area contributed by atoms with E-state index in [9.17, 15) is 31.2 Å². The van der Waals surface area contributed by atoms with E-state index in [0.29, 0.717) is 23.0 Å². The molecule has 2 fully saturated rings. The number of carbonyl (C=O) groups is 2. The maximum atomic E-state index is 13.7. The summed E-state index contributed by atoms with van der Waals surface area (Å²) >= 11 is 0. The van der Waals surface area contributed by atoms with Gasteiger partial charge in [0.25, 0.3) is 15.7 Å². The first-order valence-corrected chi connectivity index (χ1v) is 12.1. The molecule has 1 saturated carbocycles. The molecular formula is C23H19F3N4O4S. The molecule has 1 aliphatic heterocycles. The van der Waals surface area contributed by atoms with Crippen LogP contribution in [0.1, 0.15) is 13.3 Å². The van der Waals surface area contributed by atoms with Crippen LogP contribution in [0.15, 0.2) is 59.6 Å². The topological polar surface area (TPSA) is 99.7 Å². The van der Waals surface area contributed by atoms with Crippen molar-refractivity contribution in [2.75, 3.05) is 22.2 Å². The summed E-state index contributed by atoms with van der Waals surface area (Å²) in [6.07, 6.45) is 1.95. The number of fused-ring (bicyclic) bond motifs is 1. The summed E-state index contributed by atoms with van der Waals surface area (Å²) in [6, 6.07) is 9.92. The third kappa shape index (κ3) is 3.12. The molecule has 35 heavy (non-hydrogen) atoms. The fourth-order valence-electron chi connectivity index (χ4n) is 4.68. The normalized spacial score (nSPS) is 22.4. The highest BCUT2D eigenvalue weighted by Crippen LogP contribution is 2.56. The van der Waals surface area contributed by atoms with E-state index in [1.165, 1.54) is 11.1 Å². The zero-order chi connectivity index (χ0) is 25.3. The summed E-state index contributed by atoms with van der Waals surface area (Å²) in [5.74, 6) is -0.680. The minimum atomic E-state index is -5.56. The molecule has 8 nitrogen and oxygen atoms in total. The number of anilines is 3. The minimum Gasteiger partial charge on any atom is -0.386 e. The quantitative estimate of drug-likeness (QED) is 0.532. The van der Waals surface area contributed by atoms with E-state index in [2.05, 4.69) is 10.3 Å². The number of alkyl halides is 3. The summed E-state index contributed by atoms with van der Waals surface area (Å²) in [5, 5.41) is 3.69. The van der Waals surface area contributed by atoms with Crippen LogP contribution >= 0.6 is 0 Å². The van der Waals surface area contributed by atoms with E-state index in [4.69, 9.17) is 0 Å². The van der Waals surface area contributed by atoms with Gasteiger partial charge in [-0.3, -0.25) is 14.7 Å². The van der Waals surface area contributed by atoms with Gasteiger partial charge in [0.1, 0.15) is 5.54 Å². The molecule has 3 amide bonds. The Labute approximate surface area is 198 Å². The van der Waals surface area contributed by atoms with Crippen LogP contribution in [0.25, 0.3) is 10.9 Å². The van der Waals surface area contributed by atoms with E-state index in [1.807, 2.05) is 13.0 Å². The van der Waals surface area contributed by atoms with Gasteiger partial charge in [0.2, 0.25) is 0 Å². The lowest BCUT2D eigenvalue weighted by molar-refractivity contribution is -0.119. The molecule has 3 aromatic rings. The molecule has 182 valence electrons. The van der Waals surface area contributed by atoms with Crippen LogP contribution in [0.4, 0.5) is 35.0 Å². The summed E-state index contributed by atoms with van der Waals surface area (Å²) in [7, 11) is -3.82. The summed E-state index contributed by atoms with van der Waals surface area (Å²) < 4.78 is 62.1. The monoisotopic (exact) mass is 504 g/mol. The van der Waals surface area contributed by atoms with Crippen molar-refractivity contribution < 1.29 is 31.2 Å². The number of hydrogen-bond donors (Lipinski definition) is 1. The van der Waals surface area contributed by atoms with Crippen molar-refractivity contribution in [2.45, 2.75) is 29.3 Å². The van der Waals surface area contributed by atoms with E-state index < -0.39 is 37.7 Å². The molecule has 1 saturated heterocycles. The van der Waals surface area contributed by atoms with Gasteiger partial charge < -0.3 is 5.32 Å². The number of pyridine rings is 1. The second-order valence-electron chi connectivity index (χ2n) is 8.51. The highest BCUT2D eigenvalue weighted by Gasteiger charge is 2.70. The molecule has 1 aliphatic carbocycles. The molecule has 2 atom stereocenters. The molecular weight excluding hydrogens is 485 g/mol. The van der Waals surface area contributed by atoms with Gasteiger partial charge in [0, 0.05) is 18.6 Å². The van der Waals surface area contributed by atoms with Crippen LogP contribution in [-0.4, -0.2) is 43.4 Å². The van der Waals surface area contributed by atoms with Crippen molar-refractivity contribution in [2.24, 2.45) is 5.92 Å². The predicted octanol–water partition coefficient (Wildman–Crippen LogP) is 4.32. The first kappa shape index (κ1) is 23.1. The Kier molecular flexibility index (Phi) is 4.89. The van der Waals surface area contributed by atoms with Crippen molar-refractivity contribution in [3.05, 3.63) is 54.7 Å². The first-order valence-electron chi connectivity index (χ1n) is 10.6. The Morgan fingerprint density at radius 1 is 1.09 bits per heavy atom. The van der Waals surface area contributed by atoms with Crippen LogP contribution in [0.2, 0.25) is 0 Å². The highest BCUT2D eigenvalue weighted by atomic mass is 32.2. The van der Waals surface area contributed by atoms with Gasteiger partial charge in [-0.05, 0) is 48.7 Å². The Bertz CT molecular complexity index is 1490. The molecule has 5 rings (SSSR count). The summed E-state index contributed by atoms with van der Waals surface area (Å²) in [4.78, 5) is 32.9. The SMILES string of the molecule is CNc1cccc2c(N3C(=O)N(c4ccc(S(=O)(=O)C(F)(F)F)cc4)C(=O)C34CC4C)ccnc12. The largest absolute Gasteiger partial charge is 0.501 e. The molecule has 1 N–H and O–H groups in total. The van der Waals surface area contributed by atoms with Crippen LogP contribution in [0.3, 0.4) is 0 Å². The van der Waals surface area contributed by atoms with Gasteiger partial charge in [-0.2, -0.15) is 13.2 Å². The molecule has 0 bridgehead atoms. The third-order valence-electron chi connectivity index (χ3n) is 6.60. The Morgan fingerprint density at radius 2 is 1.74 bits per heavy atom. The average molecular weight is 504 g/mol. The van der Waals surface area contributed by atoms with Gasteiger partial charge in [-0.15, -0.1) is 0 Å². The Morgan fingerprint density at radius 3 is 2.31 bits per heavy atom. The summed E-state index contributed by atoms with van der Waals surface area (Å²) in [6.45, 7) is 1.84. The lowest BCUT2D eigenvalue weighted by atomic mass is 10.1. The van der Waals surface area contributed by atoms with E-state index in [1.54, 1.807) is 25.2 Å². The number of rotatable bonds is 4. The average Bonchev–Trinajstić information content (AvgIpc) is 3.43. The van der Waals surface area contributed by atoms with Crippen LogP contribution < -0.4 is 15.1 Å². The van der Waals surface area contributed by atoms with Crippen LogP contribution in [0, 0.1) is 5.92 Å². The maximum Gasteiger partial charge on any atom is 0.501 e. The number of urea groups is 1. The standard InChI is InChI=1S/C23H19F3N4O4S/c1-13-12-22(13)20(31)29(14-6-8-15(9-7-14)35(33,34)23(24,25)26)21(32)30(22)18-10-11-28-19-16(18)4-3-5-17(19)27-2/h3-11,13,27H,12H2,1-2H3. The highest BCUT2D eigenvalue weighted by molar-refractivity contribution is 7.92. The molecule has 2 aromatic carbocycles. The fraction of sp³-hybridized carbons (Fsp3) is 0.261. The molecule has 2 aliphatic rings. The number of halogens is 3. The van der Waals surface area contributed by atoms with E-state index in [0.717, 1.165) is 34.9 Å². The predicted molar refractivity (Wildman–Crippen MR) is 123 cm³/mol. The third-order valence-corrected chi connectivity index (χ3v) is 8.10. The number of nitrogens with one attached hydrogen (secondary N) is 1. The number of carbonyl (C=O) groups excluding carboxylic acids is 2. The molecule has 1 aromatic heterocycles. The smallest absolute Gasteiger partial charge is 0.386 e. The lowest BCUT2D eigenvalue weighted by Crippen LogP contribution is -2.39. The lowest BCUT2D eigenvalue weighted by Gasteiger charge is -2.24. The van der Waals surface area contributed by atoms with Crippen molar-refractivity contribution in [1.29, 1.82) is 0 Å². The number of amides is 3. The second kappa shape index (κ2) is 7.41. The molecule has 1 spiro atoms.